The molecule has 1 aliphatic heterocycles. The number of ketones is 1. The summed E-state index contributed by atoms with van der Waals surface area (Å²) in [5, 5.41) is 0.381. The van der Waals surface area contributed by atoms with Gasteiger partial charge in [-0.15, -0.1) is 11.8 Å². The Balaban J connectivity index is 1.91. The van der Waals surface area contributed by atoms with Crippen molar-refractivity contribution in [1.82, 2.24) is 0 Å². The van der Waals surface area contributed by atoms with Crippen molar-refractivity contribution in [2.24, 2.45) is 0 Å². The average molecular weight is 172 g/mol. The Morgan fingerprint density at radius 1 is 1.45 bits per heavy atom. The Morgan fingerprint density at radius 3 is 2.73 bits per heavy atom. The third-order valence-electron chi connectivity index (χ3n) is 2.11. The summed E-state index contributed by atoms with van der Waals surface area (Å²) in [6.07, 6.45) is 6.29. The van der Waals surface area contributed by atoms with Crippen LogP contribution in [0.4, 0.5) is 0 Å². The molecule has 0 aromatic rings. The summed E-state index contributed by atoms with van der Waals surface area (Å²) in [5.41, 5.74) is 0. The molecule has 11 heavy (non-hydrogen) atoms. The lowest BCUT2D eigenvalue weighted by molar-refractivity contribution is -0.117. The normalized spacial score (nSPS) is 23.4. The maximum absolute atomic E-state index is 10.9. The molecule has 1 heterocycles. The molecule has 1 aliphatic rings. The van der Waals surface area contributed by atoms with E-state index in [1.54, 1.807) is 0 Å². The molecule has 0 amide bonds. The van der Waals surface area contributed by atoms with Gasteiger partial charge in [0.25, 0.3) is 0 Å². The molecule has 0 aromatic heterocycles. The highest BCUT2D eigenvalue weighted by molar-refractivity contribution is 8.03. The first-order valence-electron chi connectivity index (χ1n) is 4.49. The summed E-state index contributed by atoms with van der Waals surface area (Å²) in [6.45, 7) is 2.21. The Bertz CT molecular complexity index is 134. The van der Waals surface area contributed by atoms with Crippen LogP contribution in [0.25, 0.3) is 0 Å². The van der Waals surface area contributed by atoms with E-state index >= 15 is 0 Å². The van der Waals surface area contributed by atoms with Crippen molar-refractivity contribution in [3.8, 4) is 0 Å². The number of rotatable bonds is 5. The molecule has 1 saturated heterocycles. The Kier molecular flexibility index (Phi) is 3.98. The molecule has 2 heteroatoms. The van der Waals surface area contributed by atoms with Gasteiger partial charge in [0, 0.05) is 0 Å². The lowest BCUT2D eigenvalue weighted by atomic mass is 10.1. The van der Waals surface area contributed by atoms with E-state index in [-0.39, 0.29) is 0 Å². The van der Waals surface area contributed by atoms with E-state index in [4.69, 9.17) is 0 Å². The van der Waals surface area contributed by atoms with Crippen LogP contribution >= 0.6 is 11.8 Å². The predicted molar refractivity (Wildman–Crippen MR) is 50.0 cm³/mol. The van der Waals surface area contributed by atoms with Gasteiger partial charge >= 0.3 is 0 Å². The molecule has 0 saturated carbocycles. The standard InChI is InChI=1S/C9H16OS/c1-2-3-4-5-6-9-8(10)7-11-9/h9H,2-7H2,1H3. The van der Waals surface area contributed by atoms with Gasteiger partial charge < -0.3 is 0 Å². The highest BCUT2D eigenvalue weighted by Gasteiger charge is 2.27. The number of hydrogen-bond donors (Lipinski definition) is 0. The van der Waals surface area contributed by atoms with Crippen LogP contribution in [0.1, 0.15) is 39.0 Å². The molecule has 1 fully saturated rings. The van der Waals surface area contributed by atoms with Gasteiger partial charge in [-0.1, -0.05) is 32.6 Å². The lowest BCUT2D eigenvalue weighted by Gasteiger charge is -2.22. The Hall–Kier alpha value is 0.0200. The van der Waals surface area contributed by atoms with Gasteiger partial charge in [0.15, 0.2) is 5.78 Å². The second-order valence-corrected chi connectivity index (χ2v) is 4.31. The Labute approximate surface area is 72.9 Å². The fourth-order valence-corrected chi connectivity index (χ4v) is 2.14. The SMILES string of the molecule is CCCCCCC1SCC1=O. The van der Waals surface area contributed by atoms with Gasteiger partial charge in [-0.3, -0.25) is 4.79 Å². The second kappa shape index (κ2) is 4.81. The van der Waals surface area contributed by atoms with Gasteiger partial charge in [-0.05, 0) is 6.42 Å². The summed E-state index contributed by atoms with van der Waals surface area (Å²) < 4.78 is 0. The maximum atomic E-state index is 10.9. The number of unbranched alkanes of at least 4 members (excludes halogenated alkanes) is 3. The maximum Gasteiger partial charge on any atom is 0.155 e. The van der Waals surface area contributed by atoms with Crippen LogP contribution in [0.5, 0.6) is 0 Å². The zero-order valence-electron chi connectivity index (χ0n) is 7.14. The summed E-state index contributed by atoms with van der Waals surface area (Å²) in [4.78, 5) is 10.9. The van der Waals surface area contributed by atoms with E-state index in [0.29, 0.717) is 11.0 Å². The van der Waals surface area contributed by atoms with E-state index < -0.39 is 0 Å². The fraction of sp³-hybridized carbons (Fsp3) is 0.889. The Morgan fingerprint density at radius 2 is 2.27 bits per heavy atom. The number of thioether (sulfide) groups is 1. The van der Waals surface area contributed by atoms with Crippen molar-refractivity contribution >= 4 is 17.5 Å². The van der Waals surface area contributed by atoms with E-state index in [1.165, 1.54) is 25.7 Å². The van der Waals surface area contributed by atoms with Gasteiger partial charge in [0.05, 0.1) is 11.0 Å². The predicted octanol–water partition coefficient (Wildman–Crippen LogP) is 2.64. The van der Waals surface area contributed by atoms with Crippen molar-refractivity contribution in [2.75, 3.05) is 5.75 Å². The molecule has 0 aromatic carbocycles. The van der Waals surface area contributed by atoms with Crippen molar-refractivity contribution in [3.05, 3.63) is 0 Å². The minimum atomic E-state index is 0.381. The average Bonchev–Trinajstić information content (AvgIpc) is 2.02. The third-order valence-corrected chi connectivity index (χ3v) is 3.46. The van der Waals surface area contributed by atoms with E-state index in [9.17, 15) is 4.79 Å². The first-order chi connectivity index (χ1) is 5.34. The van der Waals surface area contributed by atoms with Crippen LogP contribution in [0, 0.1) is 0 Å². The molecule has 0 aliphatic carbocycles. The number of Topliss-reactive ketones (excluding diaryl/α,β-unsaturated/α-hetero) is 1. The highest BCUT2D eigenvalue weighted by atomic mass is 32.2. The molecule has 0 bridgehead atoms. The first-order valence-corrected chi connectivity index (χ1v) is 5.53. The molecular formula is C9H16OS. The molecule has 1 unspecified atom stereocenters. The molecule has 0 spiro atoms. The summed E-state index contributed by atoms with van der Waals surface area (Å²) in [7, 11) is 0. The van der Waals surface area contributed by atoms with Gasteiger partial charge in [-0.25, -0.2) is 0 Å². The molecule has 1 rings (SSSR count). The van der Waals surface area contributed by atoms with Crippen LogP contribution in [0.3, 0.4) is 0 Å². The van der Waals surface area contributed by atoms with Crippen LogP contribution in [0.15, 0.2) is 0 Å². The summed E-state index contributed by atoms with van der Waals surface area (Å²) in [5.74, 6) is 1.25. The van der Waals surface area contributed by atoms with Crippen molar-refractivity contribution in [3.63, 3.8) is 0 Å². The zero-order chi connectivity index (χ0) is 8.10. The van der Waals surface area contributed by atoms with E-state index in [1.807, 2.05) is 11.8 Å². The topological polar surface area (TPSA) is 17.1 Å². The molecule has 0 radical (unpaired) electrons. The number of carbonyl (C=O) groups excluding carboxylic acids is 1. The van der Waals surface area contributed by atoms with E-state index in [2.05, 4.69) is 6.92 Å². The van der Waals surface area contributed by atoms with Gasteiger partial charge in [0.1, 0.15) is 0 Å². The summed E-state index contributed by atoms with van der Waals surface area (Å²) in [6, 6.07) is 0. The highest BCUT2D eigenvalue weighted by Crippen LogP contribution is 2.28. The second-order valence-electron chi connectivity index (χ2n) is 3.12. The largest absolute Gasteiger partial charge is 0.298 e. The van der Waals surface area contributed by atoms with Crippen molar-refractivity contribution in [1.29, 1.82) is 0 Å². The fourth-order valence-electron chi connectivity index (χ4n) is 1.27. The van der Waals surface area contributed by atoms with Gasteiger partial charge in [0.2, 0.25) is 0 Å². The monoisotopic (exact) mass is 172 g/mol. The van der Waals surface area contributed by atoms with Crippen LogP contribution < -0.4 is 0 Å². The van der Waals surface area contributed by atoms with Crippen molar-refractivity contribution < 1.29 is 4.79 Å². The molecule has 1 nitrogen and oxygen atoms in total. The zero-order valence-corrected chi connectivity index (χ0v) is 7.95. The lowest BCUT2D eigenvalue weighted by Crippen LogP contribution is -2.30. The quantitative estimate of drug-likeness (QED) is 0.593. The molecule has 64 valence electrons. The minimum absolute atomic E-state index is 0.381. The third kappa shape index (κ3) is 2.86. The molecule has 0 N–H and O–H groups in total. The van der Waals surface area contributed by atoms with Crippen LogP contribution in [-0.4, -0.2) is 16.8 Å². The van der Waals surface area contributed by atoms with E-state index in [0.717, 1.165) is 12.2 Å². The molecule has 1 atom stereocenters. The smallest absolute Gasteiger partial charge is 0.155 e. The summed E-state index contributed by atoms with van der Waals surface area (Å²) >= 11 is 1.82. The van der Waals surface area contributed by atoms with Crippen molar-refractivity contribution in [2.45, 2.75) is 44.3 Å². The molecular weight excluding hydrogens is 156 g/mol. The number of hydrogen-bond acceptors (Lipinski definition) is 2. The minimum Gasteiger partial charge on any atom is -0.298 e. The van der Waals surface area contributed by atoms with Crippen LogP contribution in [0.2, 0.25) is 0 Å². The van der Waals surface area contributed by atoms with Crippen LogP contribution in [-0.2, 0) is 4.79 Å². The van der Waals surface area contributed by atoms with Gasteiger partial charge in [-0.2, -0.15) is 0 Å². The number of carbonyl (C=O) groups is 1. The first kappa shape index (κ1) is 9.11.